The van der Waals surface area contributed by atoms with Gasteiger partial charge in [0.2, 0.25) is 5.91 Å². The van der Waals surface area contributed by atoms with E-state index in [1.165, 1.54) is 4.90 Å². The molecule has 0 fully saturated rings. The van der Waals surface area contributed by atoms with Gasteiger partial charge in [0.15, 0.2) is 0 Å². The van der Waals surface area contributed by atoms with Crippen LogP contribution in [0.2, 0.25) is 0 Å². The van der Waals surface area contributed by atoms with Gasteiger partial charge in [0, 0.05) is 67.7 Å². The number of hydrogen-bond acceptors (Lipinski definition) is 5. The molecule has 3 aromatic carbocycles. The largest absolute Gasteiger partial charge is 0.497 e. The Bertz CT molecular complexity index is 1380. The number of nitrogens with one attached hydrogen (secondary N) is 2. The molecule has 0 aliphatic carbocycles. The van der Waals surface area contributed by atoms with Crippen LogP contribution < -0.4 is 14.8 Å². The number of hydrogen-bond donors (Lipinski definition) is 2. The number of rotatable bonds is 13. The number of aromatic nitrogens is 1. The Morgan fingerprint density at radius 2 is 1.55 bits per heavy atom. The van der Waals surface area contributed by atoms with Crippen LogP contribution in [0.25, 0.3) is 10.9 Å². The van der Waals surface area contributed by atoms with E-state index in [0.717, 1.165) is 22.0 Å². The topological polar surface area (TPSA) is 96.1 Å². The van der Waals surface area contributed by atoms with Crippen LogP contribution in [0.3, 0.4) is 0 Å². The molecule has 0 unspecified atom stereocenters. The zero-order chi connectivity index (χ0) is 28.3. The van der Waals surface area contributed by atoms with Gasteiger partial charge in [0.1, 0.15) is 18.0 Å². The first-order valence-corrected chi connectivity index (χ1v) is 13.2. The van der Waals surface area contributed by atoms with E-state index in [9.17, 15) is 9.59 Å². The van der Waals surface area contributed by atoms with Crippen molar-refractivity contribution in [2.75, 3.05) is 52.9 Å². The van der Waals surface area contributed by atoms with Crippen molar-refractivity contribution >= 4 is 28.5 Å². The average Bonchev–Trinajstić information content (AvgIpc) is 3.40. The van der Waals surface area contributed by atoms with Crippen LogP contribution in [0, 0.1) is 0 Å². The Labute approximate surface area is 234 Å². The fraction of sp³-hybridized carbons (Fsp3) is 0.290. The van der Waals surface area contributed by atoms with Gasteiger partial charge in [-0.25, -0.2) is 4.79 Å². The van der Waals surface area contributed by atoms with Gasteiger partial charge in [-0.15, -0.1) is 0 Å². The van der Waals surface area contributed by atoms with Crippen molar-refractivity contribution < 1.29 is 23.8 Å². The van der Waals surface area contributed by atoms with Crippen molar-refractivity contribution in [3.63, 3.8) is 0 Å². The number of urea groups is 1. The van der Waals surface area contributed by atoms with Gasteiger partial charge in [0.05, 0.1) is 20.8 Å². The lowest BCUT2D eigenvalue weighted by Crippen LogP contribution is -2.46. The summed E-state index contributed by atoms with van der Waals surface area (Å²) in [4.78, 5) is 33.6. The van der Waals surface area contributed by atoms with Gasteiger partial charge in [-0.2, -0.15) is 0 Å². The molecule has 0 saturated carbocycles. The lowest BCUT2D eigenvalue weighted by Gasteiger charge is -2.28. The second-order valence-corrected chi connectivity index (χ2v) is 9.36. The minimum absolute atomic E-state index is 0.100. The van der Waals surface area contributed by atoms with Crippen LogP contribution in [0.1, 0.15) is 11.1 Å². The Balaban J connectivity index is 1.51. The van der Waals surface area contributed by atoms with Crippen molar-refractivity contribution in [1.29, 1.82) is 0 Å². The number of amides is 3. The Hall–Kier alpha value is -4.50. The van der Waals surface area contributed by atoms with Crippen LogP contribution >= 0.6 is 0 Å². The van der Waals surface area contributed by atoms with E-state index in [4.69, 9.17) is 14.2 Å². The highest BCUT2D eigenvalue weighted by Crippen LogP contribution is 2.26. The number of ether oxygens (including phenoxy) is 3. The molecule has 4 aromatic rings. The minimum Gasteiger partial charge on any atom is -0.497 e. The summed E-state index contributed by atoms with van der Waals surface area (Å²) in [6, 6.07) is 22.7. The van der Waals surface area contributed by atoms with Crippen molar-refractivity contribution in [2.24, 2.45) is 0 Å². The average molecular weight is 545 g/mol. The van der Waals surface area contributed by atoms with Gasteiger partial charge in [-0.1, -0.05) is 48.5 Å². The van der Waals surface area contributed by atoms with Crippen LogP contribution in [-0.4, -0.2) is 74.3 Å². The molecule has 9 nitrogen and oxygen atoms in total. The molecule has 0 saturated heterocycles. The summed E-state index contributed by atoms with van der Waals surface area (Å²) in [6.45, 7) is 1.38. The molecule has 40 heavy (non-hydrogen) atoms. The summed E-state index contributed by atoms with van der Waals surface area (Å²) in [6.07, 6.45) is 2.67. The van der Waals surface area contributed by atoms with Crippen molar-refractivity contribution in [2.45, 2.75) is 13.0 Å². The molecule has 0 aliphatic rings. The smallest absolute Gasteiger partial charge is 0.322 e. The third-order valence-corrected chi connectivity index (χ3v) is 6.68. The number of anilines is 1. The molecule has 0 spiro atoms. The van der Waals surface area contributed by atoms with Crippen molar-refractivity contribution in [3.8, 4) is 11.5 Å². The molecule has 2 N–H and O–H groups in total. The lowest BCUT2D eigenvalue weighted by atomic mass is 10.1. The lowest BCUT2D eigenvalue weighted by molar-refractivity contribution is -0.132. The molecule has 1 heterocycles. The standard InChI is InChI=1S/C31H36N4O5/c1-38-16-15-35(31(37)33-25-17-26(39-2)19-27(18-25)40-3)22-30(36)34(21-23-9-5-4-6-10-23)14-13-24-20-32-29-12-8-7-11-28(24)29/h4-12,17-20,32H,13-16,21-22H2,1-3H3,(H,33,37). The maximum Gasteiger partial charge on any atom is 0.322 e. The number of methoxy groups -OCH3 is 3. The fourth-order valence-electron chi connectivity index (χ4n) is 4.49. The summed E-state index contributed by atoms with van der Waals surface area (Å²) in [7, 11) is 4.65. The maximum atomic E-state index is 13.7. The summed E-state index contributed by atoms with van der Waals surface area (Å²) in [5, 5.41) is 4.01. The molecule has 4 rings (SSSR count). The Morgan fingerprint density at radius 3 is 2.25 bits per heavy atom. The molecule has 0 atom stereocenters. The van der Waals surface area contributed by atoms with Gasteiger partial charge in [-0.3, -0.25) is 4.79 Å². The highest BCUT2D eigenvalue weighted by molar-refractivity contribution is 5.93. The molecule has 3 amide bonds. The molecular formula is C31H36N4O5. The van der Waals surface area contributed by atoms with E-state index in [-0.39, 0.29) is 25.6 Å². The van der Waals surface area contributed by atoms with Crippen molar-refractivity contribution in [1.82, 2.24) is 14.8 Å². The number of fused-ring (bicyclic) bond motifs is 1. The first-order chi connectivity index (χ1) is 19.5. The minimum atomic E-state index is -0.419. The van der Waals surface area contributed by atoms with E-state index in [2.05, 4.69) is 16.4 Å². The monoisotopic (exact) mass is 544 g/mol. The van der Waals surface area contributed by atoms with Crippen LogP contribution in [0.15, 0.2) is 79.0 Å². The summed E-state index contributed by atoms with van der Waals surface area (Å²) >= 11 is 0. The van der Waals surface area contributed by atoms with Crippen LogP contribution in [0.4, 0.5) is 10.5 Å². The normalized spacial score (nSPS) is 10.8. The van der Waals surface area contributed by atoms with Crippen LogP contribution in [0.5, 0.6) is 11.5 Å². The number of para-hydroxylation sites is 1. The highest BCUT2D eigenvalue weighted by Gasteiger charge is 2.22. The highest BCUT2D eigenvalue weighted by atomic mass is 16.5. The van der Waals surface area contributed by atoms with E-state index in [0.29, 0.717) is 36.7 Å². The number of aromatic amines is 1. The zero-order valence-electron chi connectivity index (χ0n) is 23.2. The van der Waals surface area contributed by atoms with Gasteiger partial charge >= 0.3 is 6.03 Å². The SMILES string of the molecule is COCCN(CC(=O)N(CCc1c[nH]c2ccccc12)Cc1ccccc1)C(=O)Nc1cc(OC)cc(OC)c1. The summed E-state index contributed by atoms with van der Waals surface area (Å²) in [5.74, 6) is 0.930. The molecule has 9 heteroatoms. The number of carbonyl (C=O) groups is 2. The third-order valence-electron chi connectivity index (χ3n) is 6.68. The first kappa shape index (κ1) is 28.5. The summed E-state index contributed by atoms with van der Waals surface area (Å²) < 4.78 is 15.9. The van der Waals surface area contributed by atoms with E-state index in [1.54, 1.807) is 44.4 Å². The van der Waals surface area contributed by atoms with Crippen molar-refractivity contribution in [3.05, 3.63) is 90.1 Å². The quantitative estimate of drug-likeness (QED) is 0.249. The van der Waals surface area contributed by atoms with Gasteiger partial charge in [-0.05, 0) is 23.6 Å². The van der Waals surface area contributed by atoms with E-state index >= 15 is 0 Å². The molecule has 0 radical (unpaired) electrons. The zero-order valence-corrected chi connectivity index (χ0v) is 23.2. The number of carbonyl (C=O) groups excluding carboxylic acids is 2. The van der Waals surface area contributed by atoms with E-state index in [1.807, 2.05) is 54.7 Å². The van der Waals surface area contributed by atoms with Gasteiger partial charge < -0.3 is 34.3 Å². The predicted octanol–water partition coefficient (Wildman–Crippen LogP) is 4.94. The van der Waals surface area contributed by atoms with Gasteiger partial charge in [0.25, 0.3) is 0 Å². The van der Waals surface area contributed by atoms with E-state index < -0.39 is 6.03 Å². The number of H-pyrrole nitrogens is 1. The molecule has 0 bridgehead atoms. The third kappa shape index (κ3) is 7.54. The summed E-state index contributed by atoms with van der Waals surface area (Å²) in [5.41, 5.74) is 3.72. The second kappa shape index (κ2) is 14.0. The van der Waals surface area contributed by atoms with Crippen LogP contribution in [-0.2, 0) is 22.5 Å². The second-order valence-electron chi connectivity index (χ2n) is 9.36. The Kier molecular flexibility index (Phi) is 10.0. The molecule has 210 valence electrons. The fourth-order valence-corrected chi connectivity index (χ4v) is 4.49. The molecular weight excluding hydrogens is 508 g/mol. The number of benzene rings is 3. The first-order valence-electron chi connectivity index (χ1n) is 13.2. The molecule has 0 aliphatic heterocycles. The maximum absolute atomic E-state index is 13.7. The molecule has 1 aromatic heterocycles. The predicted molar refractivity (Wildman–Crippen MR) is 156 cm³/mol. The Morgan fingerprint density at radius 1 is 0.850 bits per heavy atom. The number of nitrogens with zero attached hydrogens (tertiary/aromatic N) is 2.